The summed E-state index contributed by atoms with van der Waals surface area (Å²) >= 11 is 0. The summed E-state index contributed by atoms with van der Waals surface area (Å²) in [5.74, 6) is 1.33. The highest BCUT2D eigenvalue weighted by molar-refractivity contribution is 5.66. The Morgan fingerprint density at radius 2 is 2.17 bits per heavy atom. The molecule has 8 heteroatoms. The van der Waals surface area contributed by atoms with E-state index in [1.165, 1.54) is 7.11 Å². The number of methoxy groups -OCH3 is 2. The number of hydrogen-bond donors (Lipinski definition) is 0. The van der Waals surface area contributed by atoms with Gasteiger partial charge in [0.1, 0.15) is 6.10 Å². The Labute approximate surface area is 167 Å². The zero-order valence-corrected chi connectivity index (χ0v) is 16.3. The third kappa shape index (κ3) is 1.56. The minimum atomic E-state index is -1.15. The summed E-state index contributed by atoms with van der Waals surface area (Å²) in [7, 11) is 3.14. The van der Waals surface area contributed by atoms with Crippen LogP contribution in [0.4, 0.5) is 0 Å². The SMILES string of the molecule is COc1ccc2c3c1O[C@H]1[C@@]4(OC)C=C[C@@]5(C[C@@H]4[N+](=O)[O-])[C@H](C2)N(C=O)CC[C@]315. The molecule has 2 fully saturated rings. The summed E-state index contributed by atoms with van der Waals surface area (Å²) in [6.45, 7) is 0.600. The summed E-state index contributed by atoms with van der Waals surface area (Å²) in [5.41, 5.74) is 0.0647. The van der Waals surface area contributed by atoms with E-state index in [9.17, 15) is 14.9 Å². The number of amides is 1. The number of likely N-dealkylation sites (tertiary alicyclic amines) is 1. The highest BCUT2D eigenvalue weighted by Gasteiger charge is 2.82. The number of hydrogen-bond acceptors (Lipinski definition) is 6. The monoisotopic (exact) mass is 398 g/mol. The van der Waals surface area contributed by atoms with Crippen molar-refractivity contribution in [1.82, 2.24) is 4.90 Å². The van der Waals surface area contributed by atoms with Crippen LogP contribution in [0.5, 0.6) is 11.5 Å². The Morgan fingerprint density at radius 3 is 2.86 bits per heavy atom. The van der Waals surface area contributed by atoms with Crippen LogP contribution in [0.2, 0.25) is 0 Å². The lowest BCUT2D eigenvalue weighted by atomic mass is 9.38. The van der Waals surface area contributed by atoms with Crippen LogP contribution in [0.25, 0.3) is 0 Å². The van der Waals surface area contributed by atoms with Crippen molar-refractivity contribution in [2.75, 3.05) is 20.8 Å². The predicted molar refractivity (Wildman–Crippen MR) is 101 cm³/mol. The van der Waals surface area contributed by atoms with Crippen molar-refractivity contribution < 1.29 is 23.9 Å². The number of piperidine rings is 1. The molecule has 1 amide bonds. The zero-order chi connectivity index (χ0) is 20.2. The minimum absolute atomic E-state index is 0.138. The highest BCUT2D eigenvalue weighted by atomic mass is 16.6. The Balaban J connectivity index is 1.71. The normalized spacial score (nSPS) is 42.3. The van der Waals surface area contributed by atoms with Gasteiger partial charge in [-0.25, -0.2) is 0 Å². The molecule has 7 rings (SSSR count). The molecule has 1 aromatic rings. The summed E-state index contributed by atoms with van der Waals surface area (Å²) in [6, 6.07) is 2.86. The maximum Gasteiger partial charge on any atom is 0.249 e. The number of fused-ring (bicyclic) bond motifs is 1. The van der Waals surface area contributed by atoms with Crippen molar-refractivity contribution in [3.05, 3.63) is 45.5 Å². The standard InChI is InChI=1S/C21H22N2O6/c1-27-13-4-3-12-9-14-19-5-6-21(28-2,15(10-19)23(25)26)18-20(19,7-8-22(14)11-24)16(12)17(13)29-18/h3-6,11,14-15,18H,7-10H2,1-2H3/t14-,15-,18+,19+,20-,21+/m0/s1. The number of nitrogens with zero attached hydrogens (tertiary/aromatic N) is 2. The fourth-order valence-electron chi connectivity index (χ4n) is 7.35. The Morgan fingerprint density at radius 1 is 1.34 bits per heavy atom. The van der Waals surface area contributed by atoms with Gasteiger partial charge < -0.3 is 19.1 Å². The van der Waals surface area contributed by atoms with E-state index in [4.69, 9.17) is 14.2 Å². The van der Waals surface area contributed by atoms with Crippen molar-refractivity contribution in [3.8, 4) is 11.5 Å². The molecule has 152 valence electrons. The van der Waals surface area contributed by atoms with E-state index in [2.05, 4.69) is 12.1 Å². The van der Waals surface area contributed by atoms with Crippen molar-refractivity contribution in [2.45, 2.75) is 48.5 Å². The van der Waals surface area contributed by atoms with Crippen molar-refractivity contribution in [1.29, 1.82) is 0 Å². The quantitative estimate of drug-likeness (QED) is 0.330. The van der Waals surface area contributed by atoms with Gasteiger partial charge in [-0.1, -0.05) is 12.1 Å². The molecule has 1 aromatic carbocycles. The van der Waals surface area contributed by atoms with Gasteiger partial charge in [0.25, 0.3) is 0 Å². The van der Waals surface area contributed by atoms with Gasteiger partial charge in [0.05, 0.1) is 12.5 Å². The maximum absolute atomic E-state index is 12.2. The second-order valence-electron chi connectivity index (χ2n) is 8.85. The van der Waals surface area contributed by atoms with Crippen LogP contribution >= 0.6 is 0 Å². The second kappa shape index (κ2) is 5.11. The fraction of sp³-hybridized carbons (Fsp3) is 0.571. The minimum Gasteiger partial charge on any atom is -0.493 e. The molecule has 1 saturated carbocycles. The molecule has 0 unspecified atom stereocenters. The van der Waals surface area contributed by atoms with E-state index in [0.717, 1.165) is 17.5 Å². The number of ether oxygens (including phenoxy) is 3. The fourth-order valence-corrected chi connectivity index (χ4v) is 7.35. The summed E-state index contributed by atoms with van der Waals surface area (Å²) in [6.07, 6.45) is 5.98. The lowest BCUT2D eigenvalue weighted by Gasteiger charge is -2.68. The molecule has 1 saturated heterocycles. The van der Waals surface area contributed by atoms with Gasteiger partial charge >= 0.3 is 0 Å². The number of carbonyl (C=O) groups is 1. The number of rotatable bonds is 4. The molecule has 29 heavy (non-hydrogen) atoms. The molecular formula is C21H22N2O6. The smallest absolute Gasteiger partial charge is 0.249 e. The van der Waals surface area contributed by atoms with Gasteiger partial charge in [0.2, 0.25) is 12.5 Å². The first-order chi connectivity index (χ1) is 14.0. The summed E-state index contributed by atoms with van der Waals surface area (Å²) in [5, 5.41) is 12.2. The molecule has 6 aliphatic rings. The number of benzene rings is 1. The van der Waals surface area contributed by atoms with Crippen LogP contribution in [0.1, 0.15) is 24.0 Å². The average Bonchev–Trinajstić information content (AvgIpc) is 3.10. The molecule has 2 heterocycles. The van der Waals surface area contributed by atoms with Crippen molar-refractivity contribution >= 4 is 6.41 Å². The van der Waals surface area contributed by atoms with E-state index in [1.807, 2.05) is 17.0 Å². The van der Waals surface area contributed by atoms with Crippen LogP contribution in [0.3, 0.4) is 0 Å². The third-order valence-corrected chi connectivity index (χ3v) is 8.41. The molecule has 0 aromatic heterocycles. The topological polar surface area (TPSA) is 91.1 Å². The van der Waals surface area contributed by atoms with Crippen LogP contribution in [-0.4, -0.2) is 60.8 Å². The third-order valence-electron chi connectivity index (χ3n) is 8.41. The first kappa shape index (κ1) is 17.3. The van der Waals surface area contributed by atoms with Crippen LogP contribution in [0, 0.1) is 15.5 Å². The van der Waals surface area contributed by atoms with Crippen molar-refractivity contribution in [3.63, 3.8) is 0 Å². The largest absolute Gasteiger partial charge is 0.493 e. The summed E-state index contributed by atoms with van der Waals surface area (Å²) in [4.78, 5) is 25.7. The molecule has 8 nitrogen and oxygen atoms in total. The molecule has 0 N–H and O–H groups in total. The van der Waals surface area contributed by atoms with E-state index in [-0.39, 0.29) is 11.0 Å². The van der Waals surface area contributed by atoms with Gasteiger partial charge in [-0.2, -0.15) is 0 Å². The lowest BCUT2D eigenvalue weighted by Crippen LogP contribution is -2.81. The van der Waals surface area contributed by atoms with E-state index < -0.39 is 28.6 Å². The maximum atomic E-state index is 12.2. The number of carbonyl (C=O) groups excluding carboxylic acids is 1. The lowest BCUT2D eigenvalue weighted by molar-refractivity contribution is -0.558. The predicted octanol–water partition coefficient (Wildman–Crippen LogP) is 1.47. The van der Waals surface area contributed by atoms with E-state index >= 15 is 0 Å². The van der Waals surface area contributed by atoms with Gasteiger partial charge in [-0.15, -0.1) is 0 Å². The molecular weight excluding hydrogens is 376 g/mol. The van der Waals surface area contributed by atoms with E-state index in [0.29, 0.717) is 37.3 Å². The Bertz CT molecular complexity index is 994. The van der Waals surface area contributed by atoms with Crippen LogP contribution < -0.4 is 9.47 Å². The molecule has 2 aliphatic heterocycles. The van der Waals surface area contributed by atoms with Gasteiger partial charge in [-0.05, 0) is 30.5 Å². The molecule has 6 atom stereocenters. The zero-order valence-electron chi connectivity index (χ0n) is 16.3. The Kier molecular flexibility index (Phi) is 3.04. The highest BCUT2D eigenvalue weighted by Crippen LogP contribution is 2.73. The first-order valence-corrected chi connectivity index (χ1v) is 9.96. The van der Waals surface area contributed by atoms with E-state index in [1.54, 1.807) is 7.11 Å². The van der Waals surface area contributed by atoms with Gasteiger partial charge in [0, 0.05) is 42.0 Å². The van der Waals surface area contributed by atoms with Crippen LogP contribution in [-0.2, 0) is 21.4 Å². The van der Waals surface area contributed by atoms with Gasteiger partial charge in [-0.3, -0.25) is 14.9 Å². The molecule has 4 bridgehead atoms. The van der Waals surface area contributed by atoms with Gasteiger partial charge in [0.15, 0.2) is 17.1 Å². The van der Waals surface area contributed by atoms with Crippen LogP contribution in [0.15, 0.2) is 24.3 Å². The molecule has 0 radical (unpaired) electrons. The second-order valence-corrected chi connectivity index (χ2v) is 8.85. The molecule has 2 spiro atoms. The number of nitro groups is 1. The summed E-state index contributed by atoms with van der Waals surface area (Å²) < 4.78 is 18.1. The Hall–Kier alpha value is -2.61. The van der Waals surface area contributed by atoms with Crippen molar-refractivity contribution in [2.24, 2.45) is 5.41 Å². The first-order valence-electron chi connectivity index (χ1n) is 9.96. The molecule has 4 aliphatic carbocycles. The average molecular weight is 398 g/mol.